The second kappa shape index (κ2) is 13.7. The molecule has 0 unspecified atom stereocenters. The summed E-state index contributed by atoms with van der Waals surface area (Å²) in [7, 11) is 1.52. The van der Waals surface area contributed by atoms with E-state index in [1.54, 1.807) is 36.4 Å². The van der Waals surface area contributed by atoms with Crippen LogP contribution in [0.3, 0.4) is 0 Å². The van der Waals surface area contributed by atoms with Gasteiger partial charge in [0, 0.05) is 23.2 Å². The molecular formula is C30H29NO8. The van der Waals surface area contributed by atoms with Gasteiger partial charge in [0.1, 0.15) is 5.75 Å². The average molecular weight is 532 g/mol. The molecule has 0 heterocycles. The van der Waals surface area contributed by atoms with Crippen LogP contribution in [0.5, 0.6) is 5.75 Å². The van der Waals surface area contributed by atoms with Crippen molar-refractivity contribution in [3.8, 4) is 5.75 Å². The van der Waals surface area contributed by atoms with Crippen molar-refractivity contribution in [2.45, 2.75) is 26.7 Å². The minimum Gasteiger partial charge on any atom is -0.497 e. The quantitative estimate of drug-likeness (QED) is 0.268. The lowest BCUT2D eigenvalue weighted by molar-refractivity contribution is -0.143. The molecule has 0 aliphatic rings. The molecule has 9 heteroatoms. The Morgan fingerprint density at radius 3 is 1.90 bits per heavy atom. The number of carbonyl (C=O) groups is 5. The SMILES string of the molecule is COc1ccc(C(=O)COC(=O)c2ccc(NC(=O)CCC(=O)OCC(=O)c3ccc(C)c(C)c3)cc2)cc1. The van der Waals surface area contributed by atoms with Crippen LogP contribution in [0, 0.1) is 13.8 Å². The number of Topliss-reactive ketones (excluding diaryl/α,β-unsaturated/α-hetero) is 2. The van der Waals surface area contributed by atoms with Crippen LogP contribution in [-0.4, -0.2) is 49.7 Å². The third kappa shape index (κ3) is 8.63. The first-order chi connectivity index (χ1) is 18.7. The van der Waals surface area contributed by atoms with Crippen molar-refractivity contribution in [2.75, 3.05) is 25.6 Å². The Bertz CT molecular complexity index is 1360. The van der Waals surface area contributed by atoms with Crippen LogP contribution in [0.15, 0.2) is 66.7 Å². The van der Waals surface area contributed by atoms with Crippen LogP contribution in [0.2, 0.25) is 0 Å². The Hall–Kier alpha value is -4.79. The molecule has 3 rings (SSSR count). The number of esters is 2. The zero-order chi connectivity index (χ0) is 28.4. The van der Waals surface area contributed by atoms with Crippen LogP contribution in [0.25, 0.3) is 0 Å². The van der Waals surface area contributed by atoms with Crippen molar-refractivity contribution in [3.05, 3.63) is 94.5 Å². The predicted molar refractivity (Wildman–Crippen MR) is 143 cm³/mol. The second-order valence-electron chi connectivity index (χ2n) is 8.74. The smallest absolute Gasteiger partial charge is 0.338 e. The Labute approximate surface area is 226 Å². The van der Waals surface area contributed by atoms with Crippen LogP contribution in [-0.2, 0) is 19.1 Å². The standard InChI is InChI=1S/C30H29NO8/c1-19-4-5-23(16-20(19)2)27(33)17-38-29(35)15-14-28(34)31-24-10-6-22(7-11-24)30(36)39-18-26(32)21-8-12-25(37-3)13-9-21/h4-13,16H,14-15,17-18H2,1-3H3,(H,31,34). The molecule has 0 atom stereocenters. The van der Waals surface area contributed by atoms with Gasteiger partial charge in [-0.3, -0.25) is 19.2 Å². The molecule has 0 radical (unpaired) electrons. The Morgan fingerprint density at radius 1 is 0.667 bits per heavy atom. The van der Waals surface area contributed by atoms with Gasteiger partial charge in [-0.05, 0) is 79.6 Å². The van der Waals surface area contributed by atoms with Gasteiger partial charge in [0.15, 0.2) is 24.8 Å². The first-order valence-electron chi connectivity index (χ1n) is 12.2. The monoisotopic (exact) mass is 531 g/mol. The van der Waals surface area contributed by atoms with Gasteiger partial charge in [0.2, 0.25) is 5.91 Å². The van der Waals surface area contributed by atoms with E-state index in [1.807, 2.05) is 19.9 Å². The number of aryl methyl sites for hydroxylation is 2. The number of nitrogens with one attached hydrogen (secondary N) is 1. The maximum absolute atomic E-state index is 12.3. The highest BCUT2D eigenvalue weighted by Gasteiger charge is 2.14. The number of methoxy groups -OCH3 is 1. The summed E-state index contributed by atoms with van der Waals surface area (Å²) in [6.45, 7) is 3.01. The van der Waals surface area contributed by atoms with Crippen molar-refractivity contribution in [1.82, 2.24) is 0 Å². The molecule has 9 nitrogen and oxygen atoms in total. The largest absolute Gasteiger partial charge is 0.497 e. The molecule has 0 saturated carbocycles. The van der Waals surface area contributed by atoms with E-state index in [4.69, 9.17) is 14.2 Å². The fourth-order valence-electron chi connectivity index (χ4n) is 3.42. The molecule has 202 valence electrons. The van der Waals surface area contributed by atoms with Crippen molar-refractivity contribution in [3.63, 3.8) is 0 Å². The second-order valence-corrected chi connectivity index (χ2v) is 8.74. The number of hydrogen-bond acceptors (Lipinski definition) is 8. The summed E-state index contributed by atoms with van der Waals surface area (Å²) in [6, 6.07) is 17.6. The summed E-state index contributed by atoms with van der Waals surface area (Å²) < 4.78 is 15.1. The molecule has 0 fully saturated rings. The van der Waals surface area contributed by atoms with Crippen molar-refractivity contribution >= 4 is 35.1 Å². The minimum absolute atomic E-state index is 0.145. The van der Waals surface area contributed by atoms with Crippen LogP contribution < -0.4 is 10.1 Å². The zero-order valence-corrected chi connectivity index (χ0v) is 21.9. The van der Waals surface area contributed by atoms with Crippen molar-refractivity contribution in [2.24, 2.45) is 0 Å². The molecule has 1 N–H and O–H groups in total. The molecule has 0 aromatic heterocycles. The number of rotatable bonds is 12. The van der Waals surface area contributed by atoms with Gasteiger partial charge < -0.3 is 19.5 Å². The van der Waals surface area contributed by atoms with E-state index in [0.29, 0.717) is 22.6 Å². The Balaban J connectivity index is 1.39. The molecule has 0 bridgehead atoms. The lowest BCUT2D eigenvalue weighted by Crippen LogP contribution is -2.17. The van der Waals surface area contributed by atoms with E-state index < -0.39 is 31.1 Å². The van der Waals surface area contributed by atoms with E-state index >= 15 is 0 Å². The summed E-state index contributed by atoms with van der Waals surface area (Å²) in [4.78, 5) is 60.9. The summed E-state index contributed by atoms with van der Waals surface area (Å²) in [6.07, 6.45) is -0.341. The van der Waals surface area contributed by atoms with E-state index in [1.165, 1.54) is 31.4 Å². The first kappa shape index (κ1) is 28.8. The molecular weight excluding hydrogens is 502 g/mol. The third-order valence-corrected chi connectivity index (χ3v) is 5.90. The van der Waals surface area contributed by atoms with E-state index in [-0.39, 0.29) is 30.0 Å². The molecule has 0 aliphatic carbocycles. The van der Waals surface area contributed by atoms with E-state index in [2.05, 4.69) is 5.32 Å². The maximum atomic E-state index is 12.3. The average Bonchev–Trinajstić information content (AvgIpc) is 2.95. The number of carbonyl (C=O) groups excluding carboxylic acids is 5. The van der Waals surface area contributed by atoms with Gasteiger partial charge in [-0.1, -0.05) is 12.1 Å². The molecule has 3 aromatic carbocycles. The summed E-state index contributed by atoms with van der Waals surface area (Å²) in [5.41, 5.74) is 3.48. The third-order valence-electron chi connectivity index (χ3n) is 5.90. The van der Waals surface area contributed by atoms with Gasteiger partial charge in [-0.2, -0.15) is 0 Å². The maximum Gasteiger partial charge on any atom is 0.338 e. The lowest BCUT2D eigenvalue weighted by atomic mass is 10.0. The summed E-state index contributed by atoms with van der Waals surface area (Å²) in [5.74, 6) is -1.86. The number of ketones is 2. The van der Waals surface area contributed by atoms with E-state index in [0.717, 1.165) is 11.1 Å². The Morgan fingerprint density at radius 2 is 1.26 bits per heavy atom. The van der Waals surface area contributed by atoms with Gasteiger partial charge >= 0.3 is 11.9 Å². The number of benzene rings is 3. The van der Waals surface area contributed by atoms with Gasteiger partial charge in [-0.25, -0.2) is 4.79 Å². The van der Waals surface area contributed by atoms with Crippen LogP contribution >= 0.6 is 0 Å². The highest BCUT2D eigenvalue weighted by molar-refractivity contribution is 6.00. The molecule has 39 heavy (non-hydrogen) atoms. The molecule has 0 saturated heterocycles. The fourth-order valence-corrected chi connectivity index (χ4v) is 3.42. The molecule has 3 aromatic rings. The zero-order valence-electron chi connectivity index (χ0n) is 21.9. The number of ether oxygens (including phenoxy) is 3. The molecule has 0 spiro atoms. The fraction of sp³-hybridized carbons (Fsp3) is 0.233. The lowest BCUT2D eigenvalue weighted by Gasteiger charge is -2.08. The topological polar surface area (TPSA) is 125 Å². The number of hydrogen-bond donors (Lipinski definition) is 1. The van der Waals surface area contributed by atoms with Crippen LogP contribution in [0.4, 0.5) is 5.69 Å². The van der Waals surface area contributed by atoms with Gasteiger partial charge in [-0.15, -0.1) is 0 Å². The Kier molecular flexibility index (Phi) is 10.1. The van der Waals surface area contributed by atoms with Crippen molar-refractivity contribution < 1.29 is 38.2 Å². The minimum atomic E-state index is -0.687. The normalized spacial score (nSPS) is 10.3. The van der Waals surface area contributed by atoms with E-state index in [9.17, 15) is 24.0 Å². The predicted octanol–water partition coefficient (Wildman–Crippen LogP) is 4.50. The summed E-state index contributed by atoms with van der Waals surface area (Å²) >= 11 is 0. The van der Waals surface area contributed by atoms with Gasteiger partial charge in [0.05, 0.1) is 19.1 Å². The summed E-state index contributed by atoms with van der Waals surface area (Å²) in [5, 5.41) is 2.62. The molecule has 0 aliphatic heterocycles. The first-order valence-corrected chi connectivity index (χ1v) is 12.2. The number of amides is 1. The molecule has 1 amide bonds. The number of anilines is 1. The highest BCUT2D eigenvalue weighted by Crippen LogP contribution is 2.14. The van der Waals surface area contributed by atoms with Gasteiger partial charge in [0.25, 0.3) is 0 Å². The van der Waals surface area contributed by atoms with Crippen LogP contribution in [0.1, 0.15) is 55.0 Å². The highest BCUT2D eigenvalue weighted by atomic mass is 16.5. The van der Waals surface area contributed by atoms with Crippen molar-refractivity contribution in [1.29, 1.82) is 0 Å².